The molecule has 0 unspecified atom stereocenters. The summed E-state index contributed by atoms with van der Waals surface area (Å²) in [7, 11) is 0. The second-order valence-corrected chi connectivity index (χ2v) is 8.02. The Kier molecular flexibility index (Phi) is 6.34. The number of H-pyrrole nitrogens is 1. The molecular formula is C25H19BrN4O2. The van der Waals surface area contributed by atoms with Crippen LogP contribution in [0.25, 0.3) is 22.7 Å². The van der Waals surface area contributed by atoms with Crippen LogP contribution in [0.3, 0.4) is 0 Å². The number of para-hydroxylation sites is 2. The molecule has 7 heteroatoms. The topological polar surface area (TPSA) is 90.8 Å². The lowest BCUT2D eigenvalue weighted by molar-refractivity contribution is -0.118. The van der Waals surface area contributed by atoms with E-state index in [2.05, 4.69) is 37.3 Å². The number of ether oxygens (including phenoxy) is 1. The van der Waals surface area contributed by atoms with E-state index in [1.165, 1.54) is 0 Å². The molecule has 1 amide bonds. The summed E-state index contributed by atoms with van der Waals surface area (Å²) in [5.74, 6) is 0.796. The number of aromatic amines is 1. The summed E-state index contributed by atoms with van der Waals surface area (Å²) in [6, 6.07) is 22.8. The van der Waals surface area contributed by atoms with Crippen LogP contribution in [0.1, 0.15) is 17.0 Å². The van der Waals surface area contributed by atoms with Crippen LogP contribution in [0.15, 0.2) is 71.2 Å². The number of rotatable bonds is 6. The molecule has 0 fully saturated rings. The number of amides is 1. The van der Waals surface area contributed by atoms with Gasteiger partial charge in [-0.05, 0) is 76.5 Å². The van der Waals surface area contributed by atoms with Gasteiger partial charge < -0.3 is 15.0 Å². The lowest BCUT2D eigenvalue weighted by Crippen LogP contribution is -2.20. The largest absolute Gasteiger partial charge is 0.483 e. The maximum atomic E-state index is 12.2. The van der Waals surface area contributed by atoms with E-state index in [1.54, 1.807) is 12.1 Å². The number of aromatic nitrogens is 2. The quantitative estimate of drug-likeness (QED) is 0.341. The number of halogens is 1. The number of carbonyl (C=O) groups is 1. The molecule has 0 saturated carbocycles. The molecule has 32 heavy (non-hydrogen) atoms. The van der Waals surface area contributed by atoms with Gasteiger partial charge >= 0.3 is 0 Å². The zero-order valence-corrected chi connectivity index (χ0v) is 18.8. The number of carbonyl (C=O) groups excluding carboxylic acids is 1. The van der Waals surface area contributed by atoms with Crippen molar-refractivity contribution in [3.8, 4) is 11.8 Å². The maximum absolute atomic E-state index is 12.2. The highest BCUT2D eigenvalue weighted by molar-refractivity contribution is 9.10. The minimum Gasteiger partial charge on any atom is -0.483 e. The molecule has 0 bridgehead atoms. The van der Waals surface area contributed by atoms with E-state index in [9.17, 15) is 10.1 Å². The summed E-state index contributed by atoms with van der Waals surface area (Å²) < 4.78 is 6.33. The van der Waals surface area contributed by atoms with Gasteiger partial charge in [0.05, 0.1) is 21.1 Å². The highest BCUT2D eigenvalue weighted by Crippen LogP contribution is 2.28. The molecule has 158 valence electrons. The Hall–Kier alpha value is -3.89. The number of nitriles is 1. The van der Waals surface area contributed by atoms with Crippen molar-refractivity contribution in [1.82, 2.24) is 9.97 Å². The summed E-state index contributed by atoms with van der Waals surface area (Å²) in [6.07, 6.45) is 1.75. The van der Waals surface area contributed by atoms with E-state index in [4.69, 9.17) is 4.74 Å². The van der Waals surface area contributed by atoms with E-state index >= 15 is 0 Å². The Morgan fingerprint density at radius 1 is 1.19 bits per heavy atom. The number of fused-ring (bicyclic) bond motifs is 1. The van der Waals surface area contributed by atoms with Crippen LogP contribution >= 0.6 is 15.9 Å². The Labute approximate surface area is 193 Å². The first-order chi connectivity index (χ1) is 15.5. The van der Waals surface area contributed by atoms with Crippen molar-refractivity contribution in [2.45, 2.75) is 6.92 Å². The van der Waals surface area contributed by atoms with Crippen molar-refractivity contribution in [3.05, 3.63) is 88.2 Å². The smallest absolute Gasteiger partial charge is 0.262 e. The van der Waals surface area contributed by atoms with Crippen molar-refractivity contribution in [2.24, 2.45) is 0 Å². The number of hydrogen-bond donors (Lipinski definition) is 2. The van der Waals surface area contributed by atoms with Gasteiger partial charge in [0.15, 0.2) is 6.61 Å². The van der Waals surface area contributed by atoms with Gasteiger partial charge in [-0.3, -0.25) is 4.79 Å². The predicted octanol–water partition coefficient (Wildman–Crippen LogP) is 5.72. The van der Waals surface area contributed by atoms with Crippen LogP contribution in [0.2, 0.25) is 0 Å². The van der Waals surface area contributed by atoms with Gasteiger partial charge in [-0.25, -0.2) is 4.98 Å². The molecular weight excluding hydrogens is 468 g/mol. The highest BCUT2D eigenvalue weighted by atomic mass is 79.9. The molecule has 1 aromatic heterocycles. The van der Waals surface area contributed by atoms with Crippen molar-refractivity contribution >= 4 is 50.2 Å². The number of benzene rings is 3. The molecule has 0 spiro atoms. The van der Waals surface area contributed by atoms with Gasteiger partial charge in [-0.1, -0.05) is 30.3 Å². The minimum absolute atomic E-state index is 0.121. The lowest BCUT2D eigenvalue weighted by Gasteiger charge is -2.10. The molecule has 4 rings (SSSR count). The Bertz CT molecular complexity index is 1330. The number of hydrogen-bond acceptors (Lipinski definition) is 4. The van der Waals surface area contributed by atoms with Gasteiger partial charge in [-0.2, -0.15) is 5.26 Å². The van der Waals surface area contributed by atoms with E-state index in [0.29, 0.717) is 21.6 Å². The second-order valence-electron chi connectivity index (χ2n) is 7.17. The third-order valence-corrected chi connectivity index (χ3v) is 5.31. The third-order valence-electron chi connectivity index (χ3n) is 4.69. The van der Waals surface area contributed by atoms with Crippen LogP contribution in [-0.4, -0.2) is 22.5 Å². The minimum atomic E-state index is -0.247. The lowest BCUT2D eigenvalue weighted by atomic mass is 10.1. The zero-order chi connectivity index (χ0) is 22.5. The molecule has 0 saturated heterocycles. The SMILES string of the molecule is Cc1cccc(NC(=O)COc2ccc(C=C(C#N)c3nc4ccccc4[nH]3)cc2Br)c1. The van der Waals surface area contributed by atoms with E-state index < -0.39 is 0 Å². The van der Waals surface area contributed by atoms with Crippen molar-refractivity contribution < 1.29 is 9.53 Å². The molecule has 0 aliphatic rings. The number of allylic oxidation sites excluding steroid dienone is 1. The monoisotopic (exact) mass is 486 g/mol. The number of anilines is 1. The van der Waals surface area contributed by atoms with Gasteiger partial charge in [0.1, 0.15) is 17.6 Å². The van der Waals surface area contributed by atoms with Gasteiger partial charge in [0, 0.05) is 5.69 Å². The molecule has 2 N–H and O–H groups in total. The van der Waals surface area contributed by atoms with Crippen molar-refractivity contribution in [3.63, 3.8) is 0 Å². The summed E-state index contributed by atoms with van der Waals surface area (Å²) >= 11 is 3.48. The van der Waals surface area contributed by atoms with Crippen LogP contribution in [-0.2, 0) is 4.79 Å². The average Bonchev–Trinajstić information content (AvgIpc) is 3.21. The summed E-state index contributed by atoms with van der Waals surface area (Å²) in [5.41, 5.74) is 4.68. The Balaban J connectivity index is 1.45. The first-order valence-electron chi connectivity index (χ1n) is 9.87. The average molecular weight is 487 g/mol. The summed E-state index contributed by atoms with van der Waals surface area (Å²) in [5, 5.41) is 12.4. The van der Waals surface area contributed by atoms with Gasteiger partial charge in [0.25, 0.3) is 5.91 Å². The van der Waals surface area contributed by atoms with Crippen molar-refractivity contribution in [2.75, 3.05) is 11.9 Å². The van der Waals surface area contributed by atoms with Crippen molar-refractivity contribution in [1.29, 1.82) is 5.26 Å². The predicted molar refractivity (Wildman–Crippen MR) is 129 cm³/mol. The normalized spacial score (nSPS) is 11.2. The first kappa shape index (κ1) is 21.3. The highest BCUT2D eigenvalue weighted by Gasteiger charge is 2.10. The van der Waals surface area contributed by atoms with E-state index in [0.717, 1.165) is 27.8 Å². The molecule has 0 aliphatic carbocycles. The fourth-order valence-electron chi connectivity index (χ4n) is 3.19. The molecule has 4 aromatic rings. The fourth-order valence-corrected chi connectivity index (χ4v) is 3.70. The van der Waals surface area contributed by atoms with E-state index in [1.807, 2.05) is 67.6 Å². The molecule has 3 aromatic carbocycles. The third kappa shape index (κ3) is 5.05. The first-order valence-corrected chi connectivity index (χ1v) is 10.7. The molecule has 0 aliphatic heterocycles. The Morgan fingerprint density at radius 2 is 2.03 bits per heavy atom. The zero-order valence-electron chi connectivity index (χ0n) is 17.2. The standard InChI is InChI=1S/C25H19BrN4O2/c1-16-5-4-6-19(11-16)28-24(31)15-32-23-10-9-17(13-20(23)26)12-18(14-27)25-29-21-7-2-3-8-22(21)30-25/h2-13H,15H2,1H3,(H,28,31)(H,29,30). The fraction of sp³-hybridized carbons (Fsp3) is 0.0800. The molecule has 0 radical (unpaired) electrons. The maximum Gasteiger partial charge on any atom is 0.262 e. The van der Waals surface area contributed by atoms with Crippen LogP contribution < -0.4 is 10.1 Å². The number of imidazole rings is 1. The number of nitrogens with zero attached hydrogens (tertiary/aromatic N) is 2. The molecule has 0 atom stereocenters. The number of nitrogens with one attached hydrogen (secondary N) is 2. The second kappa shape index (κ2) is 9.50. The van der Waals surface area contributed by atoms with Crippen LogP contribution in [0, 0.1) is 18.3 Å². The van der Waals surface area contributed by atoms with Crippen LogP contribution in [0.4, 0.5) is 5.69 Å². The van der Waals surface area contributed by atoms with Crippen LogP contribution in [0.5, 0.6) is 5.75 Å². The van der Waals surface area contributed by atoms with Gasteiger partial charge in [-0.15, -0.1) is 0 Å². The molecule has 1 heterocycles. The summed E-state index contributed by atoms with van der Waals surface area (Å²) in [4.78, 5) is 19.8. The Morgan fingerprint density at radius 3 is 2.78 bits per heavy atom. The van der Waals surface area contributed by atoms with Gasteiger partial charge in [0.2, 0.25) is 0 Å². The van der Waals surface area contributed by atoms with E-state index in [-0.39, 0.29) is 12.5 Å². The molecule has 6 nitrogen and oxygen atoms in total. The summed E-state index contributed by atoms with van der Waals surface area (Å²) in [6.45, 7) is 1.84. The number of aryl methyl sites for hydroxylation is 1.